The van der Waals surface area contributed by atoms with E-state index < -0.39 is 34.0 Å². The van der Waals surface area contributed by atoms with Crippen LogP contribution in [0.3, 0.4) is 0 Å². The van der Waals surface area contributed by atoms with Gasteiger partial charge in [-0.2, -0.15) is 0 Å². The monoisotopic (exact) mass is 279 g/mol. The standard InChI is InChI=1S/C11H6F5NS/c1-17-4-2-3-5(17)18-11-9(15)7(13)6(12)8(14)10(11)16/h2-4H,1H3. The van der Waals surface area contributed by atoms with Crippen LogP contribution in [0.5, 0.6) is 0 Å². The van der Waals surface area contributed by atoms with Crippen LogP contribution in [0, 0.1) is 29.1 Å². The van der Waals surface area contributed by atoms with E-state index in [1.165, 1.54) is 10.6 Å². The molecule has 0 spiro atoms. The van der Waals surface area contributed by atoms with Gasteiger partial charge in [-0.25, -0.2) is 22.0 Å². The fourth-order valence-electron chi connectivity index (χ4n) is 1.33. The molecule has 0 bridgehead atoms. The minimum Gasteiger partial charge on any atom is -0.346 e. The molecule has 0 N–H and O–H groups in total. The Hall–Kier alpha value is -1.50. The number of aryl methyl sites for hydroxylation is 1. The average Bonchev–Trinajstić information content (AvgIpc) is 2.75. The summed E-state index contributed by atoms with van der Waals surface area (Å²) in [5.74, 6) is -9.67. The van der Waals surface area contributed by atoms with Gasteiger partial charge in [-0.15, -0.1) is 0 Å². The molecule has 0 saturated heterocycles. The van der Waals surface area contributed by atoms with Gasteiger partial charge in [0, 0.05) is 13.2 Å². The molecule has 18 heavy (non-hydrogen) atoms. The minimum absolute atomic E-state index is 0.359. The highest BCUT2D eigenvalue weighted by molar-refractivity contribution is 7.99. The topological polar surface area (TPSA) is 4.93 Å². The first-order valence-corrected chi connectivity index (χ1v) is 5.55. The summed E-state index contributed by atoms with van der Waals surface area (Å²) in [6, 6.07) is 3.09. The molecule has 0 saturated carbocycles. The predicted octanol–water partition coefficient (Wildman–Crippen LogP) is 3.87. The number of nitrogens with zero attached hydrogens (tertiary/aromatic N) is 1. The fraction of sp³-hybridized carbons (Fsp3) is 0.0909. The number of hydrogen-bond acceptors (Lipinski definition) is 1. The van der Waals surface area contributed by atoms with Gasteiger partial charge in [-0.05, 0) is 12.1 Å². The number of aromatic nitrogens is 1. The van der Waals surface area contributed by atoms with Gasteiger partial charge in [0.15, 0.2) is 23.3 Å². The van der Waals surface area contributed by atoms with Crippen LogP contribution >= 0.6 is 11.8 Å². The summed E-state index contributed by atoms with van der Waals surface area (Å²) in [7, 11) is 1.59. The molecule has 2 rings (SSSR count). The fourth-order valence-corrected chi connectivity index (χ4v) is 2.25. The lowest BCUT2D eigenvalue weighted by Gasteiger charge is -2.08. The van der Waals surface area contributed by atoms with Gasteiger partial charge in [-0.3, -0.25) is 0 Å². The Bertz CT molecular complexity index is 579. The second-order valence-corrected chi connectivity index (χ2v) is 4.49. The van der Waals surface area contributed by atoms with Crippen molar-refractivity contribution in [2.24, 2.45) is 7.05 Å². The Kier molecular flexibility index (Phi) is 3.34. The Balaban J connectivity index is 2.55. The van der Waals surface area contributed by atoms with E-state index in [4.69, 9.17) is 0 Å². The van der Waals surface area contributed by atoms with Gasteiger partial charge in [-0.1, -0.05) is 11.8 Å². The molecule has 2 aromatic rings. The van der Waals surface area contributed by atoms with Gasteiger partial charge >= 0.3 is 0 Å². The Morgan fingerprint density at radius 1 is 0.889 bits per heavy atom. The largest absolute Gasteiger partial charge is 0.346 e. The minimum atomic E-state index is -2.15. The molecule has 0 aliphatic carbocycles. The van der Waals surface area contributed by atoms with Crippen molar-refractivity contribution in [3.63, 3.8) is 0 Å². The van der Waals surface area contributed by atoms with Crippen LogP contribution in [-0.2, 0) is 7.05 Å². The number of benzene rings is 1. The molecule has 1 aromatic carbocycles. The van der Waals surface area contributed by atoms with Gasteiger partial charge in [0.05, 0.1) is 9.92 Å². The van der Waals surface area contributed by atoms with Crippen molar-refractivity contribution in [1.82, 2.24) is 4.57 Å². The summed E-state index contributed by atoms with van der Waals surface area (Å²) >= 11 is 0.477. The van der Waals surface area contributed by atoms with E-state index in [2.05, 4.69) is 0 Å². The molecule has 7 heteroatoms. The van der Waals surface area contributed by atoms with Crippen LogP contribution in [0.4, 0.5) is 22.0 Å². The third kappa shape index (κ3) is 1.98. The summed E-state index contributed by atoms with van der Waals surface area (Å²) < 4.78 is 67.0. The van der Waals surface area contributed by atoms with Gasteiger partial charge in [0.2, 0.25) is 5.82 Å². The SMILES string of the molecule is Cn1cccc1Sc1c(F)c(F)c(F)c(F)c1F. The van der Waals surface area contributed by atoms with Crippen LogP contribution < -0.4 is 0 Å². The summed E-state index contributed by atoms with van der Waals surface area (Å²) in [5, 5.41) is 0.359. The van der Waals surface area contributed by atoms with E-state index in [0.29, 0.717) is 16.8 Å². The molecule has 0 atom stereocenters. The van der Waals surface area contributed by atoms with Crippen LogP contribution in [0.25, 0.3) is 0 Å². The molecule has 0 aliphatic heterocycles. The third-order valence-electron chi connectivity index (χ3n) is 2.27. The molecule has 96 valence electrons. The zero-order valence-electron chi connectivity index (χ0n) is 8.98. The van der Waals surface area contributed by atoms with E-state index in [-0.39, 0.29) is 0 Å². The number of hydrogen-bond donors (Lipinski definition) is 0. The summed E-state index contributed by atoms with van der Waals surface area (Å²) in [5.41, 5.74) is 0. The molecular weight excluding hydrogens is 273 g/mol. The van der Waals surface area contributed by atoms with Gasteiger partial charge in [0.25, 0.3) is 0 Å². The molecule has 1 aromatic heterocycles. The van der Waals surface area contributed by atoms with E-state index in [9.17, 15) is 22.0 Å². The van der Waals surface area contributed by atoms with Crippen molar-refractivity contribution < 1.29 is 22.0 Å². The lowest BCUT2D eigenvalue weighted by Crippen LogP contribution is -2.03. The lowest BCUT2D eigenvalue weighted by atomic mass is 10.3. The average molecular weight is 279 g/mol. The normalized spacial score (nSPS) is 11.0. The molecule has 0 fully saturated rings. The number of rotatable bonds is 2. The Labute approximate surface area is 103 Å². The highest BCUT2D eigenvalue weighted by atomic mass is 32.2. The van der Waals surface area contributed by atoms with E-state index in [1.807, 2.05) is 0 Å². The first-order valence-electron chi connectivity index (χ1n) is 4.74. The first-order chi connectivity index (χ1) is 8.43. The van der Waals surface area contributed by atoms with Crippen LogP contribution in [-0.4, -0.2) is 4.57 Å². The molecule has 1 nitrogen and oxygen atoms in total. The van der Waals surface area contributed by atoms with Crippen molar-refractivity contribution in [2.45, 2.75) is 9.92 Å². The molecule has 0 radical (unpaired) electrons. The van der Waals surface area contributed by atoms with Crippen LogP contribution in [0.2, 0.25) is 0 Å². The second-order valence-electron chi connectivity index (χ2n) is 3.46. The number of halogens is 5. The van der Waals surface area contributed by atoms with E-state index >= 15 is 0 Å². The summed E-state index contributed by atoms with van der Waals surface area (Å²) in [6.45, 7) is 0. The van der Waals surface area contributed by atoms with Crippen molar-refractivity contribution in [3.8, 4) is 0 Å². The maximum absolute atomic E-state index is 13.4. The third-order valence-corrected chi connectivity index (χ3v) is 3.47. The highest BCUT2D eigenvalue weighted by Crippen LogP contribution is 2.35. The molecule has 1 heterocycles. The predicted molar refractivity (Wildman–Crippen MR) is 55.8 cm³/mol. The molecule has 0 unspecified atom stereocenters. The Morgan fingerprint density at radius 3 is 1.83 bits per heavy atom. The highest BCUT2D eigenvalue weighted by Gasteiger charge is 2.26. The first kappa shape index (κ1) is 12.9. The van der Waals surface area contributed by atoms with Crippen LogP contribution in [0.1, 0.15) is 0 Å². The molecule has 0 amide bonds. The van der Waals surface area contributed by atoms with E-state index in [0.717, 1.165) is 0 Å². The summed E-state index contributed by atoms with van der Waals surface area (Å²) in [4.78, 5) is -0.909. The van der Waals surface area contributed by atoms with Crippen LogP contribution in [0.15, 0.2) is 28.3 Å². The zero-order valence-corrected chi connectivity index (χ0v) is 9.79. The Morgan fingerprint density at radius 2 is 1.39 bits per heavy atom. The molecule has 0 aliphatic rings. The van der Waals surface area contributed by atoms with Crippen molar-refractivity contribution in [1.29, 1.82) is 0 Å². The maximum atomic E-state index is 13.4. The maximum Gasteiger partial charge on any atom is 0.200 e. The quantitative estimate of drug-likeness (QED) is 0.459. The second kappa shape index (κ2) is 4.64. The molecular formula is C11H6F5NS. The zero-order chi connectivity index (χ0) is 13.4. The van der Waals surface area contributed by atoms with Crippen molar-refractivity contribution in [3.05, 3.63) is 47.4 Å². The smallest absolute Gasteiger partial charge is 0.200 e. The van der Waals surface area contributed by atoms with Crippen molar-refractivity contribution >= 4 is 11.8 Å². The van der Waals surface area contributed by atoms with Crippen molar-refractivity contribution in [2.75, 3.05) is 0 Å². The van der Waals surface area contributed by atoms with Gasteiger partial charge in [0.1, 0.15) is 0 Å². The van der Waals surface area contributed by atoms with Gasteiger partial charge < -0.3 is 4.57 Å². The summed E-state index contributed by atoms with van der Waals surface area (Å²) in [6.07, 6.45) is 1.59. The lowest BCUT2D eigenvalue weighted by molar-refractivity contribution is 0.361. The van der Waals surface area contributed by atoms with E-state index in [1.54, 1.807) is 19.3 Å².